The molecule has 1 amide bonds. The van der Waals surface area contributed by atoms with Crippen molar-refractivity contribution in [3.05, 3.63) is 42.0 Å². The zero-order valence-electron chi connectivity index (χ0n) is 9.99. The van der Waals surface area contributed by atoms with E-state index >= 15 is 0 Å². The Morgan fingerprint density at radius 1 is 1.47 bits per heavy atom. The van der Waals surface area contributed by atoms with Gasteiger partial charge in [-0.05, 0) is 32.3 Å². The van der Waals surface area contributed by atoms with Crippen LogP contribution in [-0.4, -0.2) is 11.0 Å². The highest BCUT2D eigenvalue weighted by atomic mass is 16.3. The number of hydrogen-bond donors (Lipinski definition) is 2. The highest BCUT2D eigenvalue weighted by Gasteiger charge is 2.44. The van der Waals surface area contributed by atoms with E-state index in [0.717, 1.165) is 24.1 Å². The van der Waals surface area contributed by atoms with Crippen LogP contribution < -0.4 is 5.32 Å². The maximum absolute atomic E-state index is 11.8. The van der Waals surface area contributed by atoms with E-state index in [9.17, 15) is 9.90 Å². The summed E-state index contributed by atoms with van der Waals surface area (Å²) in [7, 11) is 0. The van der Waals surface area contributed by atoms with Crippen LogP contribution in [0.2, 0.25) is 0 Å². The Labute approximate surface area is 101 Å². The summed E-state index contributed by atoms with van der Waals surface area (Å²) in [4.78, 5) is 11.8. The van der Waals surface area contributed by atoms with Gasteiger partial charge in [0.2, 0.25) is 0 Å². The maximum Gasteiger partial charge on any atom is 0.261 e. The van der Waals surface area contributed by atoms with E-state index in [1.165, 1.54) is 0 Å². The van der Waals surface area contributed by atoms with Gasteiger partial charge in [-0.15, -0.1) is 6.58 Å². The number of carbonyl (C=O) groups is 1. The van der Waals surface area contributed by atoms with E-state index in [1.807, 2.05) is 25.1 Å². The summed E-state index contributed by atoms with van der Waals surface area (Å²) in [6.07, 6.45) is 2.02. The number of amides is 1. The minimum atomic E-state index is -1.37. The minimum absolute atomic E-state index is 0.319. The molecule has 2 N–H and O–H groups in total. The van der Waals surface area contributed by atoms with Crippen LogP contribution in [0.3, 0.4) is 0 Å². The number of para-hydroxylation sites is 1. The molecule has 0 aliphatic carbocycles. The Bertz CT molecular complexity index is 467. The molecule has 0 saturated heterocycles. The lowest BCUT2D eigenvalue weighted by Gasteiger charge is -2.20. The molecule has 2 rings (SSSR count). The van der Waals surface area contributed by atoms with Crippen LogP contribution in [0.1, 0.15) is 31.7 Å². The third-order valence-corrected chi connectivity index (χ3v) is 3.14. The highest BCUT2D eigenvalue weighted by molar-refractivity contribution is 6.04. The zero-order valence-corrected chi connectivity index (χ0v) is 9.99. The van der Waals surface area contributed by atoms with Crippen LogP contribution in [0, 0.1) is 0 Å². The minimum Gasteiger partial charge on any atom is -0.375 e. The van der Waals surface area contributed by atoms with Gasteiger partial charge in [-0.1, -0.05) is 23.8 Å². The number of fused-ring (bicyclic) bond motifs is 1. The fourth-order valence-electron chi connectivity index (χ4n) is 2.19. The first kappa shape index (κ1) is 11.9. The summed E-state index contributed by atoms with van der Waals surface area (Å²) in [6, 6.07) is 7.29. The summed E-state index contributed by atoms with van der Waals surface area (Å²) in [5.74, 6) is -0.319. The average Bonchev–Trinajstić information content (AvgIpc) is 2.52. The van der Waals surface area contributed by atoms with Gasteiger partial charge >= 0.3 is 0 Å². The summed E-state index contributed by atoms with van der Waals surface area (Å²) in [5, 5.41) is 13.2. The number of anilines is 1. The van der Waals surface area contributed by atoms with Crippen molar-refractivity contribution in [3.63, 3.8) is 0 Å². The molecule has 17 heavy (non-hydrogen) atoms. The molecule has 90 valence electrons. The molecular formula is C14H17NO2. The largest absolute Gasteiger partial charge is 0.375 e. The molecule has 1 aromatic carbocycles. The molecule has 1 aromatic rings. The van der Waals surface area contributed by atoms with Gasteiger partial charge in [-0.3, -0.25) is 4.79 Å². The van der Waals surface area contributed by atoms with Crippen LogP contribution in [0.5, 0.6) is 0 Å². The van der Waals surface area contributed by atoms with Crippen molar-refractivity contribution in [2.75, 3.05) is 5.32 Å². The van der Waals surface area contributed by atoms with Crippen molar-refractivity contribution in [2.45, 2.75) is 31.8 Å². The number of hydrogen-bond acceptors (Lipinski definition) is 2. The van der Waals surface area contributed by atoms with E-state index in [4.69, 9.17) is 0 Å². The first-order valence-electron chi connectivity index (χ1n) is 5.82. The van der Waals surface area contributed by atoms with Gasteiger partial charge < -0.3 is 10.4 Å². The molecule has 0 aromatic heterocycles. The van der Waals surface area contributed by atoms with Crippen molar-refractivity contribution < 1.29 is 9.90 Å². The molecule has 0 saturated carbocycles. The smallest absolute Gasteiger partial charge is 0.261 e. The fourth-order valence-corrected chi connectivity index (χ4v) is 2.19. The first-order valence-corrected chi connectivity index (χ1v) is 5.82. The van der Waals surface area contributed by atoms with Crippen LogP contribution in [0.25, 0.3) is 0 Å². The first-order chi connectivity index (χ1) is 8.04. The Morgan fingerprint density at radius 2 is 2.18 bits per heavy atom. The Hall–Kier alpha value is -1.61. The number of benzene rings is 1. The van der Waals surface area contributed by atoms with Gasteiger partial charge in [-0.2, -0.15) is 0 Å². The molecule has 0 bridgehead atoms. The van der Waals surface area contributed by atoms with Crippen molar-refractivity contribution in [3.8, 4) is 0 Å². The molecule has 3 heteroatoms. The molecule has 0 radical (unpaired) electrons. The Balaban J connectivity index is 2.19. The second-order valence-corrected chi connectivity index (χ2v) is 4.67. The normalized spacial score (nSPS) is 22.1. The van der Waals surface area contributed by atoms with Crippen LogP contribution in [0.15, 0.2) is 36.4 Å². The number of aliphatic hydroxyl groups is 1. The summed E-state index contributed by atoms with van der Waals surface area (Å²) < 4.78 is 0. The van der Waals surface area contributed by atoms with E-state index in [2.05, 4.69) is 11.9 Å². The van der Waals surface area contributed by atoms with E-state index in [1.54, 1.807) is 6.07 Å². The van der Waals surface area contributed by atoms with Gasteiger partial charge in [-0.25, -0.2) is 0 Å². The average molecular weight is 231 g/mol. The topological polar surface area (TPSA) is 49.3 Å². The second kappa shape index (κ2) is 4.34. The number of nitrogens with one attached hydrogen (secondary N) is 1. The van der Waals surface area contributed by atoms with E-state index < -0.39 is 5.60 Å². The lowest BCUT2D eigenvalue weighted by Crippen LogP contribution is -2.34. The zero-order chi connectivity index (χ0) is 12.5. The van der Waals surface area contributed by atoms with Gasteiger partial charge in [0.25, 0.3) is 5.91 Å². The molecule has 1 aliphatic heterocycles. The summed E-state index contributed by atoms with van der Waals surface area (Å²) in [5.41, 5.74) is 1.11. The standard InChI is InChI=1S/C14H17NO2/c1-10(2)6-5-9-14(17)11-7-3-4-8-12(11)15-13(14)16/h3-4,7-8,17H,1,5-6,9H2,2H3,(H,15,16). The lowest BCUT2D eigenvalue weighted by molar-refractivity contribution is -0.134. The molecule has 3 nitrogen and oxygen atoms in total. The molecule has 1 aliphatic rings. The number of allylic oxidation sites excluding steroid dienone is 1. The Kier molecular flexibility index (Phi) is 3.03. The molecule has 1 heterocycles. The van der Waals surface area contributed by atoms with Crippen molar-refractivity contribution in [1.29, 1.82) is 0 Å². The summed E-state index contributed by atoms with van der Waals surface area (Å²) in [6.45, 7) is 5.77. The van der Waals surface area contributed by atoms with E-state index in [0.29, 0.717) is 12.0 Å². The molecule has 1 unspecified atom stereocenters. The van der Waals surface area contributed by atoms with Crippen LogP contribution in [0.4, 0.5) is 5.69 Å². The van der Waals surface area contributed by atoms with Crippen LogP contribution in [-0.2, 0) is 10.4 Å². The number of carbonyl (C=O) groups excluding carboxylic acids is 1. The fraction of sp³-hybridized carbons (Fsp3) is 0.357. The van der Waals surface area contributed by atoms with Crippen molar-refractivity contribution >= 4 is 11.6 Å². The maximum atomic E-state index is 11.8. The van der Waals surface area contributed by atoms with Crippen molar-refractivity contribution in [2.24, 2.45) is 0 Å². The highest BCUT2D eigenvalue weighted by Crippen LogP contribution is 2.39. The molecule has 0 fully saturated rings. The quantitative estimate of drug-likeness (QED) is 0.782. The van der Waals surface area contributed by atoms with Gasteiger partial charge in [0.1, 0.15) is 0 Å². The van der Waals surface area contributed by atoms with Crippen molar-refractivity contribution in [1.82, 2.24) is 0 Å². The second-order valence-electron chi connectivity index (χ2n) is 4.67. The SMILES string of the molecule is C=C(C)CCCC1(O)C(=O)Nc2ccccc21. The molecular weight excluding hydrogens is 214 g/mol. The molecule has 0 spiro atoms. The Morgan fingerprint density at radius 3 is 2.88 bits per heavy atom. The third kappa shape index (κ3) is 2.11. The summed E-state index contributed by atoms with van der Waals surface area (Å²) >= 11 is 0. The van der Waals surface area contributed by atoms with Gasteiger partial charge in [0.05, 0.1) is 0 Å². The van der Waals surface area contributed by atoms with E-state index in [-0.39, 0.29) is 5.91 Å². The predicted molar refractivity (Wildman–Crippen MR) is 67.6 cm³/mol. The number of rotatable bonds is 4. The van der Waals surface area contributed by atoms with Crippen LogP contribution >= 0.6 is 0 Å². The lowest BCUT2D eigenvalue weighted by atomic mass is 9.89. The van der Waals surface area contributed by atoms with Gasteiger partial charge in [0.15, 0.2) is 5.60 Å². The molecule has 1 atom stereocenters. The van der Waals surface area contributed by atoms with Gasteiger partial charge in [0, 0.05) is 11.3 Å². The monoisotopic (exact) mass is 231 g/mol. The third-order valence-electron chi connectivity index (χ3n) is 3.14. The predicted octanol–water partition coefficient (Wildman–Crippen LogP) is 2.57.